The van der Waals surface area contributed by atoms with Crippen LogP contribution in [0.1, 0.15) is 28.8 Å². The van der Waals surface area contributed by atoms with Crippen LogP contribution in [0.4, 0.5) is 0 Å². The largest absolute Gasteiger partial charge is 1.00 e. The van der Waals surface area contributed by atoms with Crippen LogP contribution in [0.15, 0.2) is 66.1 Å². The van der Waals surface area contributed by atoms with E-state index >= 15 is 0 Å². The summed E-state index contributed by atoms with van der Waals surface area (Å²) in [7, 11) is -3.85. The number of hydrogen-bond acceptors (Lipinski definition) is 7. The van der Waals surface area contributed by atoms with Crippen LogP contribution < -0.4 is 34.0 Å². The fraction of sp³-hybridized carbons (Fsp3) is 0.320. The Morgan fingerprint density at radius 3 is 2.57 bits per heavy atom. The van der Waals surface area contributed by atoms with Gasteiger partial charge in [0, 0.05) is 31.0 Å². The maximum atomic E-state index is 13.1. The third-order valence-electron chi connectivity index (χ3n) is 5.63. The van der Waals surface area contributed by atoms with Crippen LogP contribution >= 0.6 is 11.8 Å². The van der Waals surface area contributed by atoms with Crippen molar-refractivity contribution >= 4 is 33.7 Å². The fourth-order valence-corrected chi connectivity index (χ4v) is 5.25. The predicted octanol–water partition coefficient (Wildman–Crippen LogP) is -1.17. The molecule has 1 aromatic heterocycles. The second-order valence-electron chi connectivity index (χ2n) is 8.20. The molecule has 2 N–H and O–H groups in total. The first-order valence-electron chi connectivity index (χ1n) is 11.4. The van der Waals surface area contributed by atoms with Gasteiger partial charge in [0.25, 0.3) is 5.91 Å². The van der Waals surface area contributed by atoms with Crippen molar-refractivity contribution in [2.45, 2.75) is 37.2 Å². The predicted molar refractivity (Wildman–Crippen MR) is 138 cm³/mol. The molecule has 2 aromatic carbocycles. The molecule has 1 heterocycles. The van der Waals surface area contributed by atoms with Crippen LogP contribution in [-0.2, 0) is 21.4 Å². The molecule has 0 unspecified atom stereocenters. The number of carbonyl (C=O) groups excluding carboxylic acids is 2. The van der Waals surface area contributed by atoms with E-state index in [1.165, 1.54) is 30.0 Å². The number of carbonyl (C=O) groups is 2. The molecule has 0 bridgehead atoms. The average Bonchev–Trinajstić information content (AvgIpc) is 3.38. The summed E-state index contributed by atoms with van der Waals surface area (Å²) in [5, 5.41) is 14.1. The molecule has 12 heteroatoms. The Labute approximate surface area is 233 Å². The van der Waals surface area contributed by atoms with Gasteiger partial charge < -0.3 is 19.8 Å². The first-order chi connectivity index (χ1) is 17.2. The molecule has 192 valence electrons. The number of nitrogens with one attached hydrogen (secondary N) is 2. The zero-order valence-corrected chi connectivity index (χ0v) is 22.8. The molecule has 0 saturated heterocycles. The van der Waals surface area contributed by atoms with Gasteiger partial charge in [-0.2, -0.15) is 11.8 Å². The number of hydrogen-bond donors (Lipinski definition) is 2. The third kappa shape index (κ3) is 8.48. The Hall–Kier alpha value is -2.55. The first kappa shape index (κ1) is 30.7. The van der Waals surface area contributed by atoms with E-state index in [4.69, 9.17) is 0 Å². The summed E-state index contributed by atoms with van der Waals surface area (Å²) in [5.74, 6) is -1.44. The topological polar surface area (TPSA) is 133 Å². The number of carboxylic acids is 1. The minimum absolute atomic E-state index is 0. The molecule has 3 rings (SSSR count). The second-order valence-corrected chi connectivity index (χ2v) is 11.0. The summed E-state index contributed by atoms with van der Waals surface area (Å²) >= 11 is 1.46. The Balaban J connectivity index is 0.00000481. The Morgan fingerprint density at radius 2 is 1.92 bits per heavy atom. The minimum atomic E-state index is -3.85. The SMILES string of the molecule is CSCC[C@H](NC(=O)c1ccc(S(=O)(=O)NCCCn2ccnc2)cc1-c1ccccc1C)C(=O)[O-].[Li+]. The number of rotatable bonds is 13. The van der Waals surface area contributed by atoms with Gasteiger partial charge in [0.2, 0.25) is 10.0 Å². The number of thioether (sulfide) groups is 1. The van der Waals surface area contributed by atoms with Gasteiger partial charge in [-0.1, -0.05) is 24.3 Å². The monoisotopic (exact) mass is 536 g/mol. The number of sulfonamides is 1. The summed E-state index contributed by atoms with van der Waals surface area (Å²) in [6, 6.07) is 10.3. The van der Waals surface area contributed by atoms with Crippen LogP contribution in [-0.4, -0.2) is 54.4 Å². The molecule has 1 atom stereocenters. The van der Waals surface area contributed by atoms with E-state index in [-0.39, 0.29) is 42.3 Å². The molecule has 0 aliphatic carbocycles. The van der Waals surface area contributed by atoms with E-state index in [0.29, 0.717) is 29.8 Å². The number of carboxylic acid groups (broad SMARTS) is 1. The van der Waals surface area contributed by atoms with Gasteiger partial charge >= 0.3 is 18.9 Å². The molecule has 0 saturated carbocycles. The van der Waals surface area contributed by atoms with E-state index in [1.54, 1.807) is 30.9 Å². The van der Waals surface area contributed by atoms with Crippen LogP contribution in [0.25, 0.3) is 11.1 Å². The van der Waals surface area contributed by atoms with E-state index in [0.717, 1.165) is 5.56 Å². The zero-order chi connectivity index (χ0) is 26.1. The number of aryl methyl sites for hydroxylation is 2. The Bertz CT molecular complexity index is 1300. The maximum absolute atomic E-state index is 13.1. The zero-order valence-electron chi connectivity index (χ0n) is 21.1. The van der Waals surface area contributed by atoms with E-state index in [2.05, 4.69) is 15.0 Å². The Morgan fingerprint density at radius 1 is 1.16 bits per heavy atom. The van der Waals surface area contributed by atoms with Gasteiger partial charge in [0.1, 0.15) is 0 Å². The molecular formula is C25H29LiN4O5S2. The second kappa shape index (κ2) is 14.4. The number of aromatic nitrogens is 2. The molecule has 1 amide bonds. The number of aliphatic carboxylic acids is 1. The minimum Gasteiger partial charge on any atom is -0.548 e. The Kier molecular flexibility index (Phi) is 11.9. The summed E-state index contributed by atoms with van der Waals surface area (Å²) in [6.45, 7) is 2.70. The summed E-state index contributed by atoms with van der Waals surface area (Å²) in [5.41, 5.74) is 2.09. The van der Waals surface area contributed by atoms with Crippen LogP contribution in [0, 0.1) is 6.92 Å². The van der Waals surface area contributed by atoms with Crippen LogP contribution in [0.5, 0.6) is 0 Å². The van der Waals surface area contributed by atoms with E-state index in [9.17, 15) is 23.1 Å². The summed E-state index contributed by atoms with van der Waals surface area (Å²) < 4.78 is 30.5. The molecule has 9 nitrogen and oxygen atoms in total. The number of nitrogens with zero attached hydrogens (tertiary/aromatic N) is 2. The first-order valence-corrected chi connectivity index (χ1v) is 14.3. The average molecular weight is 537 g/mol. The van der Waals surface area contributed by atoms with Gasteiger partial charge in [0.05, 0.1) is 23.2 Å². The van der Waals surface area contributed by atoms with E-state index < -0.39 is 27.9 Å². The standard InChI is InChI=1S/C25H30N4O5S2.Li/c1-18-6-3-4-7-20(18)22-16-19(36(33,34)27-11-5-13-29-14-12-26-17-29)8-9-21(22)24(30)28-23(25(31)32)10-15-35-2;/h3-4,6-9,12,14,16-17,23,27H,5,10-11,13,15H2,1-2H3,(H,28,30)(H,31,32);/q;+1/p-1/t23-;/m0./s1. The van der Waals surface area contributed by atoms with Crippen molar-refractivity contribution in [2.24, 2.45) is 0 Å². The van der Waals surface area contributed by atoms with Gasteiger partial charge in [-0.05, 0) is 66.7 Å². The summed E-state index contributed by atoms with van der Waals surface area (Å²) in [4.78, 5) is 28.6. The van der Waals surface area contributed by atoms with Gasteiger partial charge in [-0.15, -0.1) is 0 Å². The molecule has 3 aromatic rings. The molecule has 0 spiro atoms. The third-order valence-corrected chi connectivity index (χ3v) is 7.73. The quantitative estimate of drug-likeness (QED) is 0.208. The van der Waals surface area contributed by atoms with Crippen LogP contribution in [0.3, 0.4) is 0 Å². The van der Waals surface area contributed by atoms with Crippen molar-refractivity contribution < 1.29 is 42.0 Å². The van der Waals surface area contributed by atoms with Gasteiger partial charge in [-0.25, -0.2) is 18.1 Å². The van der Waals surface area contributed by atoms with Gasteiger partial charge in [-0.3, -0.25) is 4.79 Å². The van der Waals surface area contributed by atoms with Crippen molar-refractivity contribution in [1.29, 1.82) is 0 Å². The van der Waals surface area contributed by atoms with Crippen molar-refractivity contribution in [3.8, 4) is 11.1 Å². The summed E-state index contributed by atoms with van der Waals surface area (Å²) in [6.07, 6.45) is 7.76. The fourth-order valence-electron chi connectivity index (χ4n) is 3.68. The smallest absolute Gasteiger partial charge is 0.548 e. The van der Waals surface area contributed by atoms with Gasteiger partial charge in [0.15, 0.2) is 0 Å². The molecule has 0 fully saturated rings. The van der Waals surface area contributed by atoms with E-state index in [1.807, 2.05) is 29.9 Å². The van der Waals surface area contributed by atoms with Crippen molar-refractivity contribution in [2.75, 3.05) is 18.6 Å². The molecule has 0 aliphatic rings. The molecular weight excluding hydrogens is 507 g/mol. The number of imidazole rings is 1. The molecule has 0 radical (unpaired) electrons. The number of amides is 1. The normalized spacial score (nSPS) is 11.9. The maximum Gasteiger partial charge on any atom is 1.00 e. The van der Waals surface area contributed by atoms with Crippen LogP contribution in [0.2, 0.25) is 0 Å². The van der Waals surface area contributed by atoms with Crippen molar-refractivity contribution in [3.05, 3.63) is 72.3 Å². The van der Waals surface area contributed by atoms with Crippen molar-refractivity contribution in [1.82, 2.24) is 19.6 Å². The number of benzene rings is 2. The molecule has 0 aliphatic heterocycles. The molecule has 37 heavy (non-hydrogen) atoms. The van der Waals surface area contributed by atoms with Crippen molar-refractivity contribution in [3.63, 3.8) is 0 Å².